The second kappa shape index (κ2) is 11.0. The molecule has 2 aromatic rings. The Hall–Kier alpha value is -2.62. The summed E-state index contributed by atoms with van der Waals surface area (Å²) in [6, 6.07) is 11.7. The van der Waals surface area contributed by atoms with Gasteiger partial charge in [-0.1, -0.05) is 67.5 Å². The number of halogens is 1. The normalized spacial score (nSPS) is 38.3. The zero-order chi connectivity index (χ0) is 31.9. The minimum Gasteiger partial charge on any atom is -0.393 e. The number of carbonyl (C=O) groups excluding carboxylic acids is 2. The number of allylic oxidation sites excluding steroid dienone is 4. The lowest BCUT2D eigenvalue weighted by Crippen LogP contribution is -2.63. The molecule has 1 saturated heterocycles. The minimum atomic E-state index is -1.52. The Balaban J connectivity index is 1.21. The molecule has 4 aliphatic carbocycles. The van der Waals surface area contributed by atoms with Crippen LogP contribution in [-0.4, -0.2) is 46.2 Å². The maximum atomic E-state index is 16.3. The first-order valence-corrected chi connectivity index (χ1v) is 17.0. The van der Waals surface area contributed by atoms with E-state index in [-0.39, 0.29) is 35.5 Å². The average Bonchev–Trinajstić information content (AvgIpc) is 3.49. The molecule has 0 spiro atoms. The van der Waals surface area contributed by atoms with Crippen LogP contribution in [0.2, 0.25) is 0 Å². The summed E-state index contributed by atoms with van der Waals surface area (Å²) in [4.78, 5) is 26.6. The molecule has 1 heterocycles. The summed E-state index contributed by atoms with van der Waals surface area (Å²) in [7, 11) is 0. The highest BCUT2D eigenvalue weighted by Crippen LogP contribution is 2.70. The number of benzene rings is 2. The molecule has 7 rings (SSSR count). The van der Waals surface area contributed by atoms with Gasteiger partial charge in [0.1, 0.15) is 12.4 Å². The van der Waals surface area contributed by atoms with Crippen LogP contribution < -0.4 is 0 Å². The maximum Gasteiger partial charge on any atom is 0.193 e. The smallest absolute Gasteiger partial charge is 0.193 e. The Labute approximate surface area is 268 Å². The molecular formula is C37H41FO6S. The van der Waals surface area contributed by atoms with Crippen molar-refractivity contribution in [1.29, 1.82) is 0 Å². The average molecular weight is 633 g/mol. The molecule has 0 unspecified atom stereocenters. The van der Waals surface area contributed by atoms with E-state index in [1.807, 2.05) is 51.1 Å². The van der Waals surface area contributed by atoms with Gasteiger partial charge in [0.2, 0.25) is 0 Å². The number of hydrogen-bond donors (Lipinski definition) is 2. The van der Waals surface area contributed by atoms with E-state index in [0.717, 1.165) is 35.1 Å². The first-order valence-electron chi connectivity index (χ1n) is 16.0. The number of carbonyl (C=O) groups is 2. The number of ketones is 2. The number of aryl methyl sites for hydroxylation is 2. The minimum absolute atomic E-state index is 0.0214. The molecule has 0 aromatic heterocycles. The van der Waals surface area contributed by atoms with Crippen molar-refractivity contribution in [3.8, 4) is 0 Å². The van der Waals surface area contributed by atoms with Crippen molar-refractivity contribution in [2.24, 2.45) is 28.6 Å². The molecule has 3 saturated carbocycles. The molecule has 9 atom stereocenters. The second-order valence-electron chi connectivity index (χ2n) is 14.2. The van der Waals surface area contributed by atoms with Gasteiger partial charge in [0.15, 0.2) is 23.5 Å². The summed E-state index contributed by atoms with van der Waals surface area (Å²) in [6.07, 6.45) is 4.98. The molecule has 0 radical (unpaired) electrons. The van der Waals surface area contributed by atoms with Crippen molar-refractivity contribution >= 4 is 23.3 Å². The highest BCUT2D eigenvalue weighted by atomic mass is 32.2. The summed E-state index contributed by atoms with van der Waals surface area (Å²) in [5, 5.41) is 22.1. The van der Waals surface area contributed by atoms with Crippen LogP contribution >= 0.6 is 11.8 Å². The van der Waals surface area contributed by atoms with Gasteiger partial charge in [-0.25, -0.2) is 4.39 Å². The number of Topliss-reactive ketones (excluding diaryl/α,β-unsaturated/α-hetero) is 1. The standard InChI is InChI=1S/C37H41FO6S/c1-20-6-5-7-22(14-20)19-45-33-21(2)8-10-26(32(33)38)34-43-30-16-27-25-11-9-23-15-24(40)12-13-35(23,3)31(25)28(41)17-36(27,4)37(30,44-34)29(42)18-39/h5-8,10,12-15,25,27-28,30-31,34,39,41H,9,11,16-19H2,1-4H3/t25-,27-,28-,30+,31+,34+,35-,36-,37+/m0/s1. The Morgan fingerprint density at radius 1 is 1.18 bits per heavy atom. The monoisotopic (exact) mass is 632 g/mol. The molecular weight excluding hydrogens is 591 g/mol. The fourth-order valence-electron chi connectivity index (χ4n) is 9.81. The van der Waals surface area contributed by atoms with Crippen LogP contribution in [0.3, 0.4) is 0 Å². The van der Waals surface area contributed by atoms with Gasteiger partial charge in [-0.3, -0.25) is 9.59 Å². The third kappa shape index (κ3) is 4.50. The summed E-state index contributed by atoms with van der Waals surface area (Å²) in [5.41, 5.74) is 1.52. The van der Waals surface area contributed by atoms with E-state index in [4.69, 9.17) is 9.47 Å². The highest BCUT2D eigenvalue weighted by Gasteiger charge is 2.76. The Morgan fingerprint density at radius 2 is 1.98 bits per heavy atom. The Morgan fingerprint density at radius 3 is 2.73 bits per heavy atom. The third-order valence-corrected chi connectivity index (χ3v) is 13.1. The zero-order valence-electron chi connectivity index (χ0n) is 26.2. The van der Waals surface area contributed by atoms with Crippen LogP contribution in [0.5, 0.6) is 0 Å². The summed E-state index contributed by atoms with van der Waals surface area (Å²) in [6.45, 7) is 7.26. The third-order valence-electron chi connectivity index (χ3n) is 11.8. The zero-order valence-corrected chi connectivity index (χ0v) is 27.0. The first kappa shape index (κ1) is 31.0. The molecule has 45 heavy (non-hydrogen) atoms. The fraction of sp³-hybridized carbons (Fsp3) is 0.514. The number of rotatable bonds is 6. The van der Waals surface area contributed by atoms with Gasteiger partial charge < -0.3 is 19.7 Å². The molecule has 4 fully saturated rings. The maximum absolute atomic E-state index is 16.3. The molecule has 0 amide bonds. The van der Waals surface area contributed by atoms with E-state index < -0.39 is 53.1 Å². The predicted octanol–water partition coefficient (Wildman–Crippen LogP) is 6.34. The molecule has 8 heteroatoms. The van der Waals surface area contributed by atoms with Crippen LogP contribution in [0.4, 0.5) is 4.39 Å². The van der Waals surface area contributed by atoms with Crippen molar-refractivity contribution in [2.45, 2.75) is 88.1 Å². The number of aliphatic hydroxyl groups is 2. The van der Waals surface area contributed by atoms with Crippen LogP contribution in [0, 0.1) is 48.2 Å². The van der Waals surface area contributed by atoms with Crippen LogP contribution in [0.1, 0.15) is 68.1 Å². The van der Waals surface area contributed by atoms with Crippen molar-refractivity contribution in [3.63, 3.8) is 0 Å². The van der Waals surface area contributed by atoms with Crippen molar-refractivity contribution in [1.82, 2.24) is 0 Å². The van der Waals surface area contributed by atoms with Crippen LogP contribution in [0.25, 0.3) is 0 Å². The highest BCUT2D eigenvalue weighted by molar-refractivity contribution is 7.98. The van der Waals surface area contributed by atoms with E-state index in [1.165, 1.54) is 11.8 Å². The Kier molecular flexibility index (Phi) is 7.57. The lowest BCUT2D eigenvalue weighted by molar-refractivity contribution is -0.201. The Bertz CT molecular complexity index is 1630. The van der Waals surface area contributed by atoms with Gasteiger partial charge in [-0.05, 0) is 74.6 Å². The number of fused-ring (bicyclic) bond motifs is 7. The van der Waals surface area contributed by atoms with Crippen molar-refractivity contribution in [3.05, 3.63) is 88.3 Å². The molecule has 238 valence electrons. The fourth-order valence-corrected chi connectivity index (χ4v) is 10.8. The van der Waals surface area contributed by atoms with Crippen molar-refractivity contribution < 1.29 is 33.7 Å². The topological polar surface area (TPSA) is 93.1 Å². The van der Waals surface area contributed by atoms with Crippen LogP contribution in [-0.2, 0) is 24.8 Å². The predicted molar refractivity (Wildman–Crippen MR) is 169 cm³/mol. The van der Waals surface area contributed by atoms with Gasteiger partial charge in [-0.15, -0.1) is 11.8 Å². The number of aliphatic hydroxyl groups excluding tert-OH is 2. The second-order valence-corrected chi connectivity index (χ2v) is 15.2. The van der Waals surface area contributed by atoms with Gasteiger partial charge in [-0.2, -0.15) is 0 Å². The van der Waals surface area contributed by atoms with E-state index in [1.54, 1.807) is 18.2 Å². The molecule has 2 N–H and O–H groups in total. The summed E-state index contributed by atoms with van der Waals surface area (Å²) in [5.74, 6) is -0.431. The lowest BCUT2D eigenvalue weighted by atomic mass is 9.46. The van der Waals surface area contributed by atoms with E-state index in [0.29, 0.717) is 17.1 Å². The van der Waals surface area contributed by atoms with Gasteiger partial charge in [0, 0.05) is 33.0 Å². The van der Waals surface area contributed by atoms with E-state index in [2.05, 4.69) is 13.0 Å². The van der Waals surface area contributed by atoms with Gasteiger partial charge in [0.05, 0.1) is 12.2 Å². The number of thioether (sulfide) groups is 1. The summed E-state index contributed by atoms with van der Waals surface area (Å²) < 4.78 is 29.5. The molecule has 0 bridgehead atoms. The lowest BCUT2D eigenvalue weighted by Gasteiger charge is -2.59. The largest absolute Gasteiger partial charge is 0.393 e. The number of ether oxygens (including phenoxy) is 2. The quantitative estimate of drug-likeness (QED) is 0.359. The van der Waals surface area contributed by atoms with E-state index in [9.17, 15) is 19.8 Å². The molecule has 5 aliphatic rings. The van der Waals surface area contributed by atoms with Gasteiger partial charge in [0.25, 0.3) is 0 Å². The van der Waals surface area contributed by atoms with Crippen molar-refractivity contribution in [2.75, 3.05) is 6.61 Å². The molecule has 2 aromatic carbocycles. The molecule has 1 aliphatic heterocycles. The molecule has 6 nitrogen and oxygen atoms in total. The van der Waals surface area contributed by atoms with Gasteiger partial charge >= 0.3 is 0 Å². The van der Waals surface area contributed by atoms with E-state index >= 15 is 4.39 Å². The summed E-state index contributed by atoms with van der Waals surface area (Å²) >= 11 is 1.42. The SMILES string of the molecule is Cc1cccc(CSc2c(C)ccc([C@@H]3O[C@@H]4C[C@H]5[C@@H]6CCC7=CC(=O)C=C[C@]7(C)[C@H]6[C@@H](O)C[C@]5(C)[C@]4(C(=O)CO)O3)c2F)c1. The van der Waals surface area contributed by atoms with Crippen LogP contribution in [0.15, 0.2) is 65.1 Å². The first-order chi connectivity index (χ1) is 21.4. The number of hydrogen-bond acceptors (Lipinski definition) is 7.